The number of ether oxygens (including phenoxy) is 2. The minimum Gasteiger partial charge on any atom is -0.480 e. The average Bonchev–Trinajstić information content (AvgIpc) is 3.69. The minimum absolute atomic E-state index is 0.142. The molecule has 2 saturated heterocycles. The van der Waals surface area contributed by atoms with Crippen LogP contribution in [0.25, 0.3) is 16.8 Å². The first-order chi connectivity index (χ1) is 22.8. The maximum atomic E-state index is 14.9. The van der Waals surface area contributed by atoms with Gasteiger partial charge < -0.3 is 24.8 Å². The van der Waals surface area contributed by atoms with Crippen LogP contribution in [0.3, 0.4) is 0 Å². The molecular formula is C34H35F3N6O5. The quantitative estimate of drug-likeness (QED) is 0.235. The molecule has 2 aromatic carbocycles. The molecule has 14 heteroatoms. The molecule has 0 aliphatic carbocycles. The highest BCUT2D eigenvalue weighted by atomic mass is 19.4. The number of aliphatic carboxylic acids is 1. The maximum Gasteiger partial charge on any atom is 0.429 e. The number of carbonyl (C=O) groups excluding carboxylic acids is 1. The van der Waals surface area contributed by atoms with Crippen LogP contribution in [0.1, 0.15) is 52.8 Å². The SMILES string of the molecule is COC(=O)c1cccc(-c2ccc([C@@H](Oc3cc(N4CCC5(CC4)CNC(C(=O)O)C5)nc(C)n3)C(F)(F)F)c(-n3ccc(C)n3)c2)c1. The zero-order valence-corrected chi connectivity index (χ0v) is 26.6. The van der Waals surface area contributed by atoms with E-state index >= 15 is 0 Å². The maximum absolute atomic E-state index is 14.9. The molecule has 48 heavy (non-hydrogen) atoms. The second-order valence-electron chi connectivity index (χ2n) is 12.4. The number of aryl methyl sites for hydroxylation is 2. The Morgan fingerprint density at radius 2 is 1.79 bits per heavy atom. The molecule has 1 unspecified atom stereocenters. The van der Waals surface area contributed by atoms with Crippen molar-refractivity contribution in [2.45, 2.75) is 51.4 Å². The van der Waals surface area contributed by atoms with Crippen molar-refractivity contribution in [2.24, 2.45) is 5.41 Å². The molecule has 0 saturated carbocycles. The van der Waals surface area contributed by atoms with Crippen LogP contribution in [0, 0.1) is 19.3 Å². The third-order valence-electron chi connectivity index (χ3n) is 9.04. The van der Waals surface area contributed by atoms with Crippen molar-refractivity contribution in [1.29, 1.82) is 0 Å². The molecule has 2 aliphatic heterocycles. The highest BCUT2D eigenvalue weighted by Gasteiger charge is 2.46. The van der Waals surface area contributed by atoms with Gasteiger partial charge in [0.25, 0.3) is 0 Å². The number of piperidine rings is 1. The van der Waals surface area contributed by atoms with Gasteiger partial charge in [0.2, 0.25) is 12.0 Å². The van der Waals surface area contributed by atoms with Gasteiger partial charge in [-0.15, -0.1) is 0 Å². The molecule has 2 aromatic heterocycles. The molecule has 0 bridgehead atoms. The third-order valence-corrected chi connectivity index (χ3v) is 9.04. The van der Waals surface area contributed by atoms with E-state index in [1.54, 1.807) is 62.5 Å². The summed E-state index contributed by atoms with van der Waals surface area (Å²) >= 11 is 0. The van der Waals surface area contributed by atoms with Crippen molar-refractivity contribution in [1.82, 2.24) is 25.1 Å². The van der Waals surface area contributed by atoms with E-state index in [0.717, 1.165) is 12.8 Å². The van der Waals surface area contributed by atoms with Crippen molar-refractivity contribution < 1.29 is 37.3 Å². The van der Waals surface area contributed by atoms with Crippen LogP contribution >= 0.6 is 0 Å². The Balaban J connectivity index is 1.31. The Hall–Kier alpha value is -4.98. The van der Waals surface area contributed by atoms with Gasteiger partial charge in [0.05, 0.1) is 24.1 Å². The molecule has 6 rings (SSSR count). The van der Waals surface area contributed by atoms with Crippen LogP contribution in [0.2, 0.25) is 0 Å². The largest absolute Gasteiger partial charge is 0.480 e. The summed E-state index contributed by atoms with van der Waals surface area (Å²) in [5, 5.41) is 16.9. The number of carboxylic acids is 1. The zero-order valence-electron chi connectivity index (χ0n) is 26.6. The van der Waals surface area contributed by atoms with E-state index < -0.39 is 30.3 Å². The van der Waals surface area contributed by atoms with Crippen molar-refractivity contribution in [3.8, 4) is 22.7 Å². The van der Waals surface area contributed by atoms with Gasteiger partial charge in [0.1, 0.15) is 17.7 Å². The number of esters is 1. The highest BCUT2D eigenvalue weighted by molar-refractivity contribution is 5.91. The summed E-state index contributed by atoms with van der Waals surface area (Å²) in [6.07, 6.45) is -3.70. The van der Waals surface area contributed by atoms with Gasteiger partial charge in [-0.2, -0.15) is 23.3 Å². The van der Waals surface area contributed by atoms with E-state index in [1.807, 2.05) is 4.90 Å². The average molecular weight is 665 g/mol. The Kier molecular flexibility index (Phi) is 8.86. The number of hydrogen-bond donors (Lipinski definition) is 2. The van der Waals surface area contributed by atoms with Crippen LogP contribution in [0.15, 0.2) is 60.8 Å². The van der Waals surface area contributed by atoms with Gasteiger partial charge in [-0.05, 0) is 73.9 Å². The smallest absolute Gasteiger partial charge is 0.429 e. The van der Waals surface area contributed by atoms with Crippen LogP contribution in [0.5, 0.6) is 5.88 Å². The summed E-state index contributed by atoms with van der Waals surface area (Å²) < 4.78 is 56.6. The third kappa shape index (κ3) is 6.84. The monoisotopic (exact) mass is 664 g/mol. The zero-order chi connectivity index (χ0) is 34.2. The molecule has 2 aliphatic rings. The van der Waals surface area contributed by atoms with Crippen LogP contribution in [-0.2, 0) is 9.53 Å². The van der Waals surface area contributed by atoms with Gasteiger partial charge in [-0.1, -0.05) is 24.3 Å². The van der Waals surface area contributed by atoms with Gasteiger partial charge in [0.15, 0.2) is 0 Å². The molecule has 0 amide bonds. The number of rotatable bonds is 8. The van der Waals surface area contributed by atoms with Crippen molar-refractivity contribution in [3.05, 3.63) is 83.4 Å². The number of alkyl halides is 3. The lowest BCUT2D eigenvalue weighted by molar-refractivity contribution is -0.198. The summed E-state index contributed by atoms with van der Waals surface area (Å²) in [4.78, 5) is 34.3. The topological polar surface area (TPSA) is 132 Å². The van der Waals surface area contributed by atoms with Crippen LogP contribution < -0.4 is 15.0 Å². The number of benzene rings is 2. The molecule has 2 N–H and O–H groups in total. The Labute approximate surface area is 274 Å². The van der Waals surface area contributed by atoms with Gasteiger partial charge >= 0.3 is 18.1 Å². The van der Waals surface area contributed by atoms with Gasteiger partial charge in [0, 0.05) is 37.5 Å². The fourth-order valence-corrected chi connectivity index (χ4v) is 6.49. The Bertz CT molecular complexity index is 1840. The number of halogens is 3. The summed E-state index contributed by atoms with van der Waals surface area (Å²) in [6.45, 7) is 5.06. The van der Waals surface area contributed by atoms with E-state index in [1.165, 1.54) is 23.9 Å². The first-order valence-corrected chi connectivity index (χ1v) is 15.5. The molecule has 4 aromatic rings. The van der Waals surface area contributed by atoms with Gasteiger partial charge in [-0.3, -0.25) is 4.79 Å². The summed E-state index contributed by atoms with van der Waals surface area (Å²) in [7, 11) is 1.27. The number of anilines is 1. The van der Waals surface area contributed by atoms with Crippen molar-refractivity contribution in [2.75, 3.05) is 31.6 Å². The molecule has 11 nitrogen and oxygen atoms in total. The molecule has 252 valence electrons. The predicted octanol–water partition coefficient (Wildman–Crippen LogP) is 5.45. The van der Waals surface area contributed by atoms with Gasteiger partial charge in [-0.25, -0.2) is 14.5 Å². The van der Waals surface area contributed by atoms with E-state index in [-0.39, 0.29) is 28.4 Å². The Morgan fingerprint density at radius 1 is 1.04 bits per heavy atom. The lowest BCUT2D eigenvalue weighted by atomic mass is 9.76. The Morgan fingerprint density at radius 3 is 2.44 bits per heavy atom. The number of carboxylic acid groups (broad SMARTS) is 1. The number of aromatic nitrogens is 4. The second kappa shape index (κ2) is 12.9. The molecule has 0 radical (unpaired) electrons. The summed E-state index contributed by atoms with van der Waals surface area (Å²) in [5.74, 6) is -0.937. The fourth-order valence-electron chi connectivity index (χ4n) is 6.49. The van der Waals surface area contributed by atoms with Crippen molar-refractivity contribution >= 4 is 17.8 Å². The van der Waals surface area contributed by atoms with E-state index in [9.17, 15) is 27.9 Å². The van der Waals surface area contributed by atoms with Crippen LogP contribution in [-0.4, -0.2) is 75.8 Å². The number of nitrogens with zero attached hydrogens (tertiary/aromatic N) is 5. The van der Waals surface area contributed by atoms with Crippen molar-refractivity contribution in [3.63, 3.8) is 0 Å². The summed E-state index contributed by atoms with van der Waals surface area (Å²) in [5.41, 5.74) is 1.89. The standard InChI is InChI=1S/C34H35F3N6O5/c1-20-9-12-43(41-20)27-16-23(22-5-4-6-24(15-22)32(46)47-3)7-8-25(27)30(34(35,36)37)48-29-17-28(39-21(2)40-29)42-13-10-33(11-14-42)18-26(31(44)45)38-19-33/h4-9,12,15-17,26,30,38H,10-11,13-14,18-19H2,1-3H3,(H,44,45)/t26?,30-/m1/s1. The van der Waals surface area contributed by atoms with Crippen LogP contribution in [0.4, 0.5) is 19.0 Å². The minimum atomic E-state index is -4.84. The molecular weight excluding hydrogens is 629 g/mol. The highest BCUT2D eigenvalue weighted by Crippen LogP contribution is 2.42. The van der Waals surface area contributed by atoms with E-state index in [2.05, 4.69) is 20.4 Å². The lowest BCUT2D eigenvalue weighted by Crippen LogP contribution is -2.41. The molecule has 1 spiro atoms. The first kappa shape index (κ1) is 32.9. The number of hydrogen-bond acceptors (Lipinski definition) is 9. The number of nitrogens with one attached hydrogen (secondary N) is 1. The van der Waals surface area contributed by atoms with E-state index in [4.69, 9.17) is 9.47 Å². The first-order valence-electron chi connectivity index (χ1n) is 15.5. The second-order valence-corrected chi connectivity index (χ2v) is 12.4. The molecule has 2 fully saturated rings. The lowest BCUT2D eigenvalue weighted by Gasteiger charge is -2.39. The normalized spacial score (nSPS) is 18.1. The number of carbonyl (C=O) groups is 2. The molecule has 4 heterocycles. The molecule has 2 atom stereocenters. The predicted molar refractivity (Wildman–Crippen MR) is 169 cm³/mol. The number of methoxy groups -OCH3 is 1. The summed E-state index contributed by atoms with van der Waals surface area (Å²) in [6, 6.07) is 13.6. The van der Waals surface area contributed by atoms with E-state index in [0.29, 0.717) is 54.3 Å². The fraction of sp³-hybridized carbons (Fsp3) is 0.382.